The lowest BCUT2D eigenvalue weighted by molar-refractivity contribution is -0.746. The van der Waals surface area contributed by atoms with Gasteiger partial charge in [-0.3, -0.25) is 0 Å². The molecule has 29 heavy (non-hydrogen) atoms. The second-order valence-electron chi connectivity index (χ2n) is 8.89. The van der Waals surface area contributed by atoms with Crippen molar-refractivity contribution in [2.24, 2.45) is 5.92 Å². The normalized spacial score (nSPS) is 26.4. The summed E-state index contributed by atoms with van der Waals surface area (Å²) in [6.07, 6.45) is 5.14. The summed E-state index contributed by atoms with van der Waals surface area (Å²) >= 11 is 0. The monoisotopic (exact) mass is 391 g/mol. The number of quaternary nitrogens is 1. The molecule has 5 rings (SSSR count). The first-order valence-electron chi connectivity index (χ1n) is 10.8. The second-order valence-corrected chi connectivity index (χ2v) is 8.89. The third kappa shape index (κ3) is 2.84. The molecule has 152 valence electrons. The van der Waals surface area contributed by atoms with Gasteiger partial charge >= 0.3 is 0 Å². The van der Waals surface area contributed by atoms with E-state index in [2.05, 4.69) is 53.6 Å². The zero-order chi connectivity index (χ0) is 20.0. The minimum absolute atomic E-state index is 0.175. The molecule has 2 heterocycles. The van der Waals surface area contributed by atoms with Crippen molar-refractivity contribution in [2.75, 3.05) is 20.8 Å². The highest BCUT2D eigenvalue weighted by atomic mass is 16.5. The zero-order valence-corrected chi connectivity index (χ0v) is 17.6. The number of nitrogens with two attached hydrogens (primary N) is 1. The van der Waals surface area contributed by atoms with Gasteiger partial charge in [-0.1, -0.05) is 43.7 Å². The number of fused-ring (bicyclic) bond motifs is 4. The van der Waals surface area contributed by atoms with E-state index in [1.807, 2.05) is 6.07 Å². The van der Waals surface area contributed by atoms with Crippen molar-refractivity contribution >= 4 is 10.9 Å². The minimum atomic E-state index is 0.175. The van der Waals surface area contributed by atoms with Gasteiger partial charge in [0.2, 0.25) is 0 Å². The van der Waals surface area contributed by atoms with Crippen molar-refractivity contribution in [1.82, 2.24) is 4.98 Å². The van der Waals surface area contributed by atoms with E-state index >= 15 is 0 Å². The Morgan fingerprint density at radius 3 is 2.72 bits per heavy atom. The number of ether oxygens (including phenoxy) is 2. The number of methoxy groups -OCH3 is 2. The highest BCUT2D eigenvalue weighted by Crippen LogP contribution is 2.48. The van der Waals surface area contributed by atoms with Gasteiger partial charge in [0, 0.05) is 34.9 Å². The molecule has 0 saturated heterocycles. The van der Waals surface area contributed by atoms with Crippen LogP contribution in [-0.2, 0) is 5.54 Å². The lowest BCUT2D eigenvalue weighted by Crippen LogP contribution is -2.97. The zero-order valence-electron chi connectivity index (χ0n) is 17.6. The molecule has 0 amide bonds. The molecule has 1 fully saturated rings. The van der Waals surface area contributed by atoms with E-state index < -0.39 is 0 Å². The van der Waals surface area contributed by atoms with Crippen LogP contribution in [0.5, 0.6) is 11.5 Å². The molecule has 0 unspecified atom stereocenters. The SMILES string of the molecule is COc1cccc([C@@H]2C[NH2+][C@]3(CCC[C@@H](C)C3)c3[nH]c4ccccc4c32)c1OC. The number of benzene rings is 2. The average Bonchev–Trinajstić information content (AvgIpc) is 3.15. The summed E-state index contributed by atoms with van der Waals surface area (Å²) in [5.74, 6) is 2.70. The summed E-state index contributed by atoms with van der Waals surface area (Å²) in [6, 6.07) is 15.0. The van der Waals surface area contributed by atoms with Crippen molar-refractivity contribution in [3.63, 3.8) is 0 Å². The molecule has 0 radical (unpaired) electrons. The Hall–Kier alpha value is -2.46. The van der Waals surface area contributed by atoms with Crippen LogP contribution < -0.4 is 14.8 Å². The number of H-pyrrole nitrogens is 1. The third-order valence-electron chi connectivity index (χ3n) is 7.18. The summed E-state index contributed by atoms with van der Waals surface area (Å²) in [4.78, 5) is 3.86. The van der Waals surface area contributed by atoms with Crippen LogP contribution in [0.2, 0.25) is 0 Å². The summed E-state index contributed by atoms with van der Waals surface area (Å²) in [5.41, 5.74) is 5.54. The summed E-state index contributed by atoms with van der Waals surface area (Å²) < 4.78 is 11.4. The molecule has 1 aromatic heterocycles. The van der Waals surface area contributed by atoms with E-state index in [0.29, 0.717) is 0 Å². The maximum Gasteiger partial charge on any atom is 0.164 e. The standard InChI is InChI=1S/C25H30N2O2/c1-16-8-7-13-25(14-16)24-22(18-9-4-5-11-20(18)27-24)19(15-26-25)17-10-6-12-21(28-2)23(17)29-3/h4-6,9-12,16,19,26-27H,7-8,13-15H2,1-3H3/p+1/t16-,19+,25+/m1/s1. The van der Waals surface area contributed by atoms with Crippen LogP contribution in [0.25, 0.3) is 10.9 Å². The summed E-state index contributed by atoms with van der Waals surface area (Å²) in [5, 5.41) is 3.97. The lowest BCUT2D eigenvalue weighted by atomic mass is 9.69. The number of hydrogen-bond donors (Lipinski definition) is 2. The van der Waals surface area contributed by atoms with E-state index in [4.69, 9.17) is 9.47 Å². The van der Waals surface area contributed by atoms with Gasteiger partial charge in [-0.2, -0.15) is 0 Å². The number of rotatable bonds is 3. The fraction of sp³-hybridized carbons (Fsp3) is 0.440. The van der Waals surface area contributed by atoms with Gasteiger partial charge in [0.1, 0.15) is 5.54 Å². The maximum atomic E-state index is 5.83. The summed E-state index contributed by atoms with van der Waals surface area (Å²) in [6.45, 7) is 3.44. The largest absolute Gasteiger partial charge is 0.493 e. The van der Waals surface area contributed by atoms with E-state index in [-0.39, 0.29) is 11.5 Å². The van der Waals surface area contributed by atoms with Gasteiger partial charge in [0.15, 0.2) is 11.5 Å². The molecule has 1 saturated carbocycles. The molecule has 3 aromatic rings. The van der Waals surface area contributed by atoms with Gasteiger partial charge < -0.3 is 19.8 Å². The van der Waals surface area contributed by atoms with E-state index in [0.717, 1.165) is 24.0 Å². The highest BCUT2D eigenvalue weighted by Gasteiger charge is 2.48. The van der Waals surface area contributed by atoms with Crippen LogP contribution in [0.4, 0.5) is 0 Å². The fourth-order valence-corrected chi connectivity index (χ4v) is 5.95. The van der Waals surface area contributed by atoms with Gasteiger partial charge in [0.25, 0.3) is 0 Å². The highest BCUT2D eigenvalue weighted by molar-refractivity contribution is 5.86. The number of nitrogens with one attached hydrogen (secondary N) is 1. The molecule has 3 atom stereocenters. The number of hydrogen-bond acceptors (Lipinski definition) is 2. The molecule has 4 heteroatoms. The maximum absolute atomic E-state index is 5.83. The molecule has 3 N–H and O–H groups in total. The van der Waals surface area contributed by atoms with Crippen molar-refractivity contribution in [3.05, 3.63) is 59.3 Å². The fourth-order valence-electron chi connectivity index (χ4n) is 5.95. The third-order valence-corrected chi connectivity index (χ3v) is 7.18. The Labute approximate surface area is 172 Å². The smallest absolute Gasteiger partial charge is 0.164 e. The summed E-state index contributed by atoms with van der Waals surface area (Å²) in [7, 11) is 3.46. The Balaban J connectivity index is 1.73. The first-order chi connectivity index (χ1) is 14.2. The van der Waals surface area contributed by atoms with E-state index in [1.165, 1.54) is 53.4 Å². The van der Waals surface area contributed by atoms with Gasteiger partial charge in [-0.15, -0.1) is 0 Å². The van der Waals surface area contributed by atoms with Gasteiger partial charge in [-0.05, 0) is 24.5 Å². The second kappa shape index (κ2) is 7.10. The molecular weight excluding hydrogens is 360 g/mol. The lowest BCUT2D eigenvalue weighted by Gasteiger charge is -2.42. The van der Waals surface area contributed by atoms with Crippen LogP contribution in [0.15, 0.2) is 42.5 Å². The van der Waals surface area contributed by atoms with Gasteiger partial charge in [0.05, 0.1) is 32.4 Å². The minimum Gasteiger partial charge on any atom is -0.493 e. The Morgan fingerprint density at radius 2 is 1.93 bits per heavy atom. The Morgan fingerprint density at radius 1 is 1.07 bits per heavy atom. The van der Waals surface area contributed by atoms with E-state index in [9.17, 15) is 0 Å². The van der Waals surface area contributed by atoms with Gasteiger partial charge in [-0.25, -0.2) is 0 Å². The Kier molecular flexibility index (Phi) is 4.54. The molecule has 1 aliphatic heterocycles. The molecule has 1 spiro atoms. The van der Waals surface area contributed by atoms with Crippen LogP contribution >= 0.6 is 0 Å². The quantitative estimate of drug-likeness (QED) is 0.699. The first-order valence-corrected chi connectivity index (χ1v) is 10.8. The average molecular weight is 392 g/mol. The number of aromatic amines is 1. The molecule has 1 aliphatic carbocycles. The van der Waals surface area contributed by atoms with E-state index in [1.54, 1.807) is 14.2 Å². The van der Waals surface area contributed by atoms with Crippen LogP contribution in [0, 0.1) is 5.92 Å². The molecular formula is C25H31N2O2+. The van der Waals surface area contributed by atoms with Crippen molar-refractivity contribution in [3.8, 4) is 11.5 Å². The van der Waals surface area contributed by atoms with Crippen LogP contribution in [-0.4, -0.2) is 25.7 Å². The number of para-hydroxylation sites is 2. The van der Waals surface area contributed by atoms with Crippen LogP contribution in [0.3, 0.4) is 0 Å². The molecule has 2 aromatic carbocycles. The topological polar surface area (TPSA) is 50.9 Å². The number of aromatic nitrogens is 1. The predicted octanol–water partition coefficient (Wildman–Crippen LogP) is 4.30. The molecule has 4 nitrogen and oxygen atoms in total. The predicted molar refractivity (Wildman–Crippen MR) is 116 cm³/mol. The van der Waals surface area contributed by atoms with Crippen LogP contribution in [0.1, 0.15) is 55.3 Å². The molecule has 2 aliphatic rings. The van der Waals surface area contributed by atoms with Crippen molar-refractivity contribution in [2.45, 2.75) is 44.1 Å². The van der Waals surface area contributed by atoms with Crippen molar-refractivity contribution < 1.29 is 14.8 Å². The Bertz CT molecular complexity index is 1040. The first kappa shape index (κ1) is 18.6. The van der Waals surface area contributed by atoms with Crippen molar-refractivity contribution in [1.29, 1.82) is 0 Å². The molecule has 0 bridgehead atoms.